The van der Waals surface area contributed by atoms with Gasteiger partial charge in [0.05, 0.1) is 11.0 Å². The Balaban J connectivity index is 2.74. The molecule has 17 heavy (non-hydrogen) atoms. The van der Waals surface area contributed by atoms with Gasteiger partial charge in [0.25, 0.3) is 10.1 Å². The van der Waals surface area contributed by atoms with Crippen molar-refractivity contribution < 1.29 is 12.6 Å². The Morgan fingerprint density at radius 1 is 1.35 bits per heavy atom. The second kappa shape index (κ2) is 5.98. The molecule has 1 atom stereocenters. The van der Waals surface area contributed by atoms with Gasteiger partial charge in [-0.2, -0.15) is 8.42 Å². The second-order valence-electron chi connectivity index (χ2n) is 4.04. The van der Waals surface area contributed by atoms with Crippen molar-refractivity contribution in [1.29, 1.82) is 0 Å². The van der Waals surface area contributed by atoms with Crippen molar-refractivity contribution in [3.05, 3.63) is 42.5 Å². The standard InChI is InChI=1S/C13H18O3S/c1-4-5-6-12(3)16-17(14,15)13-9-7-11(2)8-10-13/h4,7-10,12H,1,5-6H2,2-3H3/t12-/m1/s1. The quantitative estimate of drug-likeness (QED) is 0.579. The maximum absolute atomic E-state index is 11.9. The zero-order chi connectivity index (χ0) is 12.9. The summed E-state index contributed by atoms with van der Waals surface area (Å²) < 4.78 is 28.8. The van der Waals surface area contributed by atoms with E-state index in [1.54, 1.807) is 37.3 Å². The van der Waals surface area contributed by atoms with E-state index in [1.807, 2.05) is 6.92 Å². The van der Waals surface area contributed by atoms with Crippen LogP contribution in [0.3, 0.4) is 0 Å². The van der Waals surface area contributed by atoms with E-state index in [4.69, 9.17) is 4.18 Å². The highest BCUT2D eigenvalue weighted by Crippen LogP contribution is 2.16. The summed E-state index contributed by atoms with van der Waals surface area (Å²) in [5, 5.41) is 0. The van der Waals surface area contributed by atoms with Gasteiger partial charge in [-0.05, 0) is 38.8 Å². The van der Waals surface area contributed by atoms with Gasteiger partial charge in [-0.1, -0.05) is 23.8 Å². The van der Waals surface area contributed by atoms with Crippen molar-refractivity contribution in [2.75, 3.05) is 0 Å². The SMILES string of the molecule is C=CCC[C@@H](C)OS(=O)(=O)c1ccc(C)cc1. The summed E-state index contributed by atoms with van der Waals surface area (Å²) in [6, 6.07) is 6.63. The molecule has 0 radical (unpaired) electrons. The third-order valence-corrected chi connectivity index (χ3v) is 3.81. The monoisotopic (exact) mass is 254 g/mol. The van der Waals surface area contributed by atoms with Crippen LogP contribution in [0.25, 0.3) is 0 Å². The number of aryl methyl sites for hydroxylation is 1. The fraction of sp³-hybridized carbons (Fsp3) is 0.385. The molecular weight excluding hydrogens is 236 g/mol. The summed E-state index contributed by atoms with van der Waals surface area (Å²) in [6.45, 7) is 7.24. The first-order valence-electron chi connectivity index (χ1n) is 5.56. The van der Waals surface area contributed by atoms with Gasteiger partial charge in [0.1, 0.15) is 0 Å². The van der Waals surface area contributed by atoms with Crippen LogP contribution in [-0.4, -0.2) is 14.5 Å². The van der Waals surface area contributed by atoms with Gasteiger partial charge in [-0.15, -0.1) is 6.58 Å². The largest absolute Gasteiger partial charge is 0.297 e. The second-order valence-corrected chi connectivity index (χ2v) is 5.61. The summed E-state index contributed by atoms with van der Waals surface area (Å²) in [5.41, 5.74) is 1.02. The molecule has 0 amide bonds. The molecule has 0 bridgehead atoms. The van der Waals surface area contributed by atoms with Crippen molar-refractivity contribution in [3.8, 4) is 0 Å². The van der Waals surface area contributed by atoms with Crippen molar-refractivity contribution in [1.82, 2.24) is 0 Å². The minimum absolute atomic E-state index is 0.202. The molecule has 0 unspecified atom stereocenters. The van der Waals surface area contributed by atoms with Crippen LogP contribution in [0, 0.1) is 6.92 Å². The lowest BCUT2D eigenvalue weighted by Crippen LogP contribution is -2.15. The van der Waals surface area contributed by atoms with Crippen LogP contribution < -0.4 is 0 Å². The minimum Gasteiger partial charge on any atom is -0.263 e. The highest BCUT2D eigenvalue weighted by molar-refractivity contribution is 7.86. The molecule has 1 aromatic carbocycles. The molecule has 0 heterocycles. The van der Waals surface area contributed by atoms with Crippen molar-refractivity contribution in [2.24, 2.45) is 0 Å². The van der Waals surface area contributed by atoms with Crippen LogP contribution in [0.1, 0.15) is 25.3 Å². The Labute approximate surface area is 103 Å². The summed E-state index contributed by atoms with van der Waals surface area (Å²) in [5.74, 6) is 0. The Kier molecular flexibility index (Phi) is 4.90. The summed E-state index contributed by atoms with van der Waals surface area (Å²) in [4.78, 5) is 0.202. The first-order chi connectivity index (χ1) is 7.95. The van der Waals surface area contributed by atoms with E-state index in [2.05, 4.69) is 6.58 Å². The Morgan fingerprint density at radius 2 is 1.94 bits per heavy atom. The maximum Gasteiger partial charge on any atom is 0.297 e. The van der Waals surface area contributed by atoms with Crippen LogP contribution in [-0.2, 0) is 14.3 Å². The fourth-order valence-corrected chi connectivity index (χ4v) is 2.49. The Bertz CT molecular complexity index is 460. The van der Waals surface area contributed by atoms with Gasteiger partial charge < -0.3 is 0 Å². The molecule has 0 fully saturated rings. The zero-order valence-electron chi connectivity index (χ0n) is 10.2. The molecule has 0 aliphatic rings. The highest BCUT2D eigenvalue weighted by Gasteiger charge is 2.18. The van der Waals surface area contributed by atoms with Crippen LogP contribution in [0.4, 0.5) is 0 Å². The predicted octanol–water partition coefficient (Wildman–Crippen LogP) is 3.06. The van der Waals surface area contributed by atoms with Gasteiger partial charge in [-0.25, -0.2) is 0 Å². The average molecular weight is 254 g/mol. The van der Waals surface area contributed by atoms with Gasteiger partial charge in [-0.3, -0.25) is 4.18 Å². The molecule has 0 aliphatic carbocycles. The topological polar surface area (TPSA) is 43.4 Å². The van der Waals surface area contributed by atoms with Crippen molar-refractivity contribution in [3.63, 3.8) is 0 Å². The van der Waals surface area contributed by atoms with E-state index in [1.165, 1.54) is 0 Å². The van der Waals surface area contributed by atoms with Crippen LogP contribution in [0.2, 0.25) is 0 Å². The predicted molar refractivity (Wildman–Crippen MR) is 68.3 cm³/mol. The first-order valence-corrected chi connectivity index (χ1v) is 6.97. The lowest BCUT2D eigenvalue weighted by atomic mass is 10.2. The smallest absolute Gasteiger partial charge is 0.263 e. The normalized spacial score (nSPS) is 13.3. The van der Waals surface area contributed by atoms with E-state index in [0.29, 0.717) is 6.42 Å². The summed E-state index contributed by atoms with van der Waals surface area (Å²) in [7, 11) is -3.64. The molecule has 94 valence electrons. The average Bonchev–Trinajstić information content (AvgIpc) is 2.26. The third kappa shape index (κ3) is 4.32. The van der Waals surface area contributed by atoms with Crippen LogP contribution >= 0.6 is 0 Å². The molecule has 0 saturated heterocycles. The number of hydrogen-bond acceptors (Lipinski definition) is 3. The van der Waals surface area contributed by atoms with Gasteiger partial charge in [0.2, 0.25) is 0 Å². The Morgan fingerprint density at radius 3 is 2.47 bits per heavy atom. The summed E-state index contributed by atoms with van der Waals surface area (Å²) in [6.07, 6.45) is 2.80. The molecule has 0 spiro atoms. The molecule has 0 saturated carbocycles. The lowest BCUT2D eigenvalue weighted by Gasteiger charge is -2.12. The molecule has 1 aromatic rings. The van der Waals surface area contributed by atoms with E-state index in [-0.39, 0.29) is 11.0 Å². The van der Waals surface area contributed by atoms with Crippen molar-refractivity contribution >= 4 is 10.1 Å². The number of hydrogen-bond donors (Lipinski definition) is 0. The molecular formula is C13H18O3S. The minimum atomic E-state index is -3.64. The molecule has 1 rings (SSSR count). The van der Waals surface area contributed by atoms with Gasteiger partial charge >= 0.3 is 0 Å². The highest BCUT2D eigenvalue weighted by atomic mass is 32.2. The number of rotatable bonds is 6. The molecule has 4 heteroatoms. The zero-order valence-corrected chi connectivity index (χ0v) is 11.0. The van der Waals surface area contributed by atoms with E-state index in [9.17, 15) is 8.42 Å². The fourth-order valence-electron chi connectivity index (χ4n) is 1.38. The van der Waals surface area contributed by atoms with Gasteiger partial charge in [0, 0.05) is 0 Å². The molecule has 3 nitrogen and oxygen atoms in total. The molecule has 0 aromatic heterocycles. The Hall–Kier alpha value is -1.13. The van der Waals surface area contributed by atoms with Gasteiger partial charge in [0.15, 0.2) is 0 Å². The van der Waals surface area contributed by atoms with E-state index >= 15 is 0 Å². The van der Waals surface area contributed by atoms with Crippen LogP contribution in [0.15, 0.2) is 41.8 Å². The number of benzene rings is 1. The third-order valence-electron chi connectivity index (χ3n) is 2.38. The maximum atomic E-state index is 11.9. The molecule has 0 N–H and O–H groups in total. The summed E-state index contributed by atoms with van der Waals surface area (Å²) >= 11 is 0. The molecule has 0 aliphatic heterocycles. The van der Waals surface area contributed by atoms with E-state index in [0.717, 1.165) is 12.0 Å². The van der Waals surface area contributed by atoms with Crippen molar-refractivity contribution in [2.45, 2.75) is 37.7 Å². The van der Waals surface area contributed by atoms with E-state index < -0.39 is 10.1 Å². The lowest BCUT2D eigenvalue weighted by molar-refractivity contribution is 0.219. The number of allylic oxidation sites excluding steroid dienone is 1. The first kappa shape index (κ1) is 13.9. The van der Waals surface area contributed by atoms with Crippen LogP contribution in [0.5, 0.6) is 0 Å².